The van der Waals surface area contributed by atoms with Gasteiger partial charge in [-0.25, -0.2) is 9.59 Å². The number of aliphatic carboxylic acids is 2. The Morgan fingerprint density at radius 2 is 1.61 bits per heavy atom. The van der Waals surface area contributed by atoms with Gasteiger partial charge in [0.15, 0.2) is 0 Å². The number of carbonyl (C=O) groups is 3. The van der Waals surface area contributed by atoms with Crippen LogP contribution in [-0.2, 0) is 14.4 Å². The molecule has 0 aliphatic carbocycles. The van der Waals surface area contributed by atoms with Gasteiger partial charge in [-0.3, -0.25) is 4.79 Å². The minimum atomic E-state index is -5.08. The number of carboxylic acid groups (broad SMARTS) is 2. The van der Waals surface area contributed by atoms with Crippen molar-refractivity contribution in [2.75, 3.05) is 18.8 Å². The molecule has 0 spiro atoms. The number of thioether (sulfide) groups is 1. The van der Waals surface area contributed by atoms with E-state index in [-0.39, 0.29) is 17.3 Å². The van der Waals surface area contributed by atoms with Crippen LogP contribution >= 0.6 is 11.8 Å². The summed E-state index contributed by atoms with van der Waals surface area (Å²) in [6.07, 6.45) is -6.48. The number of nitrogens with one attached hydrogen (secondary N) is 1. The van der Waals surface area contributed by atoms with E-state index in [0.717, 1.165) is 38.1 Å². The Balaban J connectivity index is 0.000000324. The number of halogens is 6. The van der Waals surface area contributed by atoms with Crippen LogP contribution in [0.1, 0.15) is 25.7 Å². The van der Waals surface area contributed by atoms with Gasteiger partial charge in [0, 0.05) is 12.2 Å². The highest BCUT2D eigenvalue weighted by molar-refractivity contribution is 8.00. The minimum absolute atomic E-state index is 0.00702. The maximum atomic E-state index is 12.6. The highest BCUT2D eigenvalue weighted by Crippen LogP contribution is 2.43. The summed E-state index contributed by atoms with van der Waals surface area (Å²) in [7, 11) is 0. The summed E-state index contributed by atoms with van der Waals surface area (Å²) in [5.41, 5.74) is 5.68. The Labute approximate surface area is 188 Å². The fraction of sp³-hybridized carbons (Fsp3) is 0.765. The van der Waals surface area contributed by atoms with E-state index < -0.39 is 29.8 Å². The van der Waals surface area contributed by atoms with E-state index in [1.54, 1.807) is 16.7 Å². The molecule has 3 aliphatic heterocycles. The van der Waals surface area contributed by atoms with Crippen molar-refractivity contribution in [2.24, 2.45) is 11.7 Å². The van der Waals surface area contributed by atoms with Gasteiger partial charge in [-0.15, -0.1) is 11.8 Å². The van der Waals surface area contributed by atoms with Crippen LogP contribution in [0.25, 0.3) is 0 Å². The molecule has 3 rings (SSSR count). The lowest BCUT2D eigenvalue weighted by molar-refractivity contribution is -0.193. The second-order valence-corrected chi connectivity index (χ2v) is 8.72. The summed E-state index contributed by atoms with van der Waals surface area (Å²) < 4.78 is 63.5. The van der Waals surface area contributed by atoms with Crippen molar-refractivity contribution in [3.8, 4) is 6.07 Å². The van der Waals surface area contributed by atoms with Gasteiger partial charge in [0.05, 0.1) is 17.0 Å². The summed E-state index contributed by atoms with van der Waals surface area (Å²) >= 11 is 1.70. The molecule has 16 heteroatoms. The van der Waals surface area contributed by atoms with E-state index in [1.807, 2.05) is 0 Å². The molecule has 1 unspecified atom stereocenters. The Hall–Kier alpha value is -2.25. The van der Waals surface area contributed by atoms with Crippen molar-refractivity contribution < 1.29 is 50.9 Å². The molecule has 9 nitrogen and oxygen atoms in total. The van der Waals surface area contributed by atoms with Crippen molar-refractivity contribution in [3.05, 3.63) is 0 Å². The van der Waals surface area contributed by atoms with Gasteiger partial charge in [-0.2, -0.15) is 31.6 Å². The first-order valence-electron chi connectivity index (χ1n) is 9.46. The van der Waals surface area contributed by atoms with E-state index in [9.17, 15) is 31.1 Å². The fourth-order valence-electron chi connectivity index (χ4n) is 3.52. The number of fused-ring (bicyclic) bond motifs is 1. The molecule has 0 aromatic carbocycles. The van der Waals surface area contributed by atoms with E-state index in [4.69, 9.17) is 30.8 Å². The second-order valence-electron chi connectivity index (χ2n) is 7.51. The molecule has 1 amide bonds. The lowest BCUT2D eigenvalue weighted by atomic mass is 9.82. The molecular formula is C17H22F6N4O5S. The zero-order valence-electron chi connectivity index (χ0n) is 16.9. The fourth-order valence-corrected chi connectivity index (χ4v) is 4.98. The number of carbonyl (C=O) groups excluding carboxylic acids is 1. The summed E-state index contributed by atoms with van der Waals surface area (Å²) in [5, 5.41) is 26.8. The van der Waals surface area contributed by atoms with Crippen molar-refractivity contribution in [3.63, 3.8) is 0 Å². The van der Waals surface area contributed by atoms with Crippen LogP contribution in [0.4, 0.5) is 26.3 Å². The zero-order chi connectivity index (χ0) is 25.6. The maximum Gasteiger partial charge on any atom is 0.490 e. The molecule has 0 bridgehead atoms. The zero-order valence-corrected chi connectivity index (χ0v) is 17.8. The van der Waals surface area contributed by atoms with Gasteiger partial charge in [0.2, 0.25) is 5.91 Å². The van der Waals surface area contributed by atoms with E-state index in [0.29, 0.717) is 12.3 Å². The first kappa shape index (κ1) is 28.8. The van der Waals surface area contributed by atoms with Crippen LogP contribution in [0.5, 0.6) is 0 Å². The molecular weight excluding hydrogens is 486 g/mol. The van der Waals surface area contributed by atoms with Gasteiger partial charge in [-0.1, -0.05) is 0 Å². The molecule has 3 aliphatic rings. The monoisotopic (exact) mass is 508 g/mol. The van der Waals surface area contributed by atoms with E-state index in [2.05, 4.69) is 11.4 Å². The quantitative estimate of drug-likeness (QED) is 0.406. The lowest BCUT2D eigenvalue weighted by Crippen LogP contribution is -2.51. The van der Waals surface area contributed by atoms with Crippen LogP contribution < -0.4 is 11.1 Å². The second kappa shape index (κ2) is 11.3. The molecule has 5 N–H and O–H groups in total. The van der Waals surface area contributed by atoms with Crippen molar-refractivity contribution in [2.45, 2.75) is 55.0 Å². The molecule has 188 valence electrons. The van der Waals surface area contributed by atoms with Crippen LogP contribution in [0.3, 0.4) is 0 Å². The third-order valence-corrected chi connectivity index (χ3v) is 6.32. The number of amides is 1. The predicted octanol–water partition coefficient (Wildman–Crippen LogP) is 1.54. The average molecular weight is 508 g/mol. The number of piperidine rings is 1. The highest BCUT2D eigenvalue weighted by Gasteiger charge is 2.55. The SMILES string of the molecule is N#C[C@@H]1CSC2C[C@](N)(CC3CCNCC3)C(=O)N21.O=C(O)C(F)(F)F.O=C(O)C(F)(F)F. The molecule has 0 saturated carbocycles. The van der Waals surface area contributed by atoms with Gasteiger partial charge in [0.25, 0.3) is 0 Å². The molecule has 33 heavy (non-hydrogen) atoms. The number of alkyl halides is 6. The van der Waals surface area contributed by atoms with Crippen molar-refractivity contribution in [1.29, 1.82) is 5.26 Å². The maximum absolute atomic E-state index is 12.6. The number of hydrogen-bond acceptors (Lipinski definition) is 7. The summed E-state index contributed by atoms with van der Waals surface area (Å²) in [6.45, 7) is 2.05. The lowest BCUT2D eigenvalue weighted by Gasteiger charge is -2.31. The number of hydrogen-bond donors (Lipinski definition) is 4. The normalized spacial score (nSPS) is 27.5. The molecule has 3 saturated heterocycles. The third kappa shape index (κ3) is 8.23. The van der Waals surface area contributed by atoms with Crippen LogP contribution in [0, 0.1) is 17.2 Å². The molecule has 0 radical (unpaired) electrons. The molecule has 3 fully saturated rings. The van der Waals surface area contributed by atoms with Crippen molar-refractivity contribution >= 4 is 29.6 Å². The topological polar surface area (TPSA) is 157 Å². The Morgan fingerprint density at radius 3 is 2.00 bits per heavy atom. The molecule has 3 atom stereocenters. The van der Waals surface area contributed by atoms with E-state index >= 15 is 0 Å². The first-order valence-corrected chi connectivity index (χ1v) is 10.5. The Bertz CT molecular complexity index is 744. The van der Waals surface area contributed by atoms with Crippen LogP contribution in [0.2, 0.25) is 0 Å². The molecule has 3 heterocycles. The van der Waals surface area contributed by atoms with Gasteiger partial charge >= 0.3 is 24.3 Å². The first-order chi connectivity index (χ1) is 15.0. The minimum Gasteiger partial charge on any atom is -0.475 e. The number of nitrogens with zero attached hydrogens (tertiary/aromatic N) is 2. The molecule has 0 aromatic rings. The van der Waals surface area contributed by atoms with Gasteiger partial charge in [-0.05, 0) is 38.3 Å². The standard InChI is InChI=1S/C13H20N4OS.2C2HF3O2/c14-7-10-8-19-11-6-13(15,12(18)17(10)11)5-9-1-3-16-4-2-9;2*3-2(4,5)1(6)7/h9-11,16H,1-6,8,15H2;2*(H,6,7)/t10-,11?,13-;;/m1../s1. The van der Waals surface area contributed by atoms with Crippen LogP contribution in [0.15, 0.2) is 0 Å². The smallest absolute Gasteiger partial charge is 0.475 e. The molecule has 0 aromatic heterocycles. The largest absolute Gasteiger partial charge is 0.490 e. The van der Waals surface area contributed by atoms with Crippen molar-refractivity contribution in [1.82, 2.24) is 10.2 Å². The van der Waals surface area contributed by atoms with Gasteiger partial charge in [0.1, 0.15) is 6.04 Å². The van der Waals surface area contributed by atoms with E-state index in [1.165, 1.54) is 0 Å². The number of nitriles is 1. The predicted molar refractivity (Wildman–Crippen MR) is 102 cm³/mol. The number of nitrogens with two attached hydrogens (primary N) is 1. The Morgan fingerprint density at radius 1 is 1.15 bits per heavy atom. The van der Waals surface area contributed by atoms with Crippen LogP contribution in [-0.4, -0.2) is 81.1 Å². The summed E-state index contributed by atoms with van der Waals surface area (Å²) in [4.78, 5) is 32.1. The summed E-state index contributed by atoms with van der Waals surface area (Å²) in [6, 6.07) is 1.95. The third-order valence-electron chi connectivity index (χ3n) is 5.04. The highest BCUT2D eigenvalue weighted by atomic mass is 32.2. The summed E-state index contributed by atoms with van der Waals surface area (Å²) in [5.74, 6) is -4.23. The van der Waals surface area contributed by atoms with Gasteiger partial charge < -0.3 is 26.2 Å². The Kier molecular flexibility index (Phi) is 9.81. The number of carboxylic acids is 2. The average Bonchev–Trinajstić information content (AvgIpc) is 3.19. The number of rotatable bonds is 2.